The molecule has 1 aromatic heterocycles. The maximum Gasteiger partial charge on any atom is 0.330 e. The molecule has 0 saturated carbocycles. The van der Waals surface area contributed by atoms with E-state index in [1.807, 2.05) is 4.98 Å². The summed E-state index contributed by atoms with van der Waals surface area (Å²) in [6.07, 6.45) is -5.15. The number of carboxylic acids is 2. The van der Waals surface area contributed by atoms with Crippen LogP contribution in [0.25, 0.3) is 0 Å². The Hall–Kier alpha value is -6.52. The van der Waals surface area contributed by atoms with Gasteiger partial charge >= 0.3 is 29.6 Å². The second kappa shape index (κ2) is 35.1. The Kier molecular flexibility index (Phi) is 29.2. The molecular formula is C52H90N14O18. The van der Waals surface area contributed by atoms with Gasteiger partial charge in [-0.1, -0.05) is 79.1 Å². The van der Waals surface area contributed by atoms with Crippen molar-refractivity contribution in [3.8, 4) is 0 Å². The fourth-order valence-electron chi connectivity index (χ4n) is 10.00. The summed E-state index contributed by atoms with van der Waals surface area (Å²) in [5, 5.41) is 69.8. The van der Waals surface area contributed by atoms with Crippen LogP contribution >= 0.6 is 0 Å². The number of esters is 1. The largest absolute Gasteiger partial charge is 0.480 e. The van der Waals surface area contributed by atoms with Gasteiger partial charge in [0.1, 0.15) is 73.0 Å². The molecule has 0 radical (unpaired) electrons. The number of nitrogens with one attached hydrogen (secondary N) is 7. The fraction of sp³-hybridized carbons (Fsp3) is 0.769. The number of hydrogen-bond acceptors (Lipinski definition) is 22. The molecule has 32 heteroatoms. The van der Waals surface area contributed by atoms with Gasteiger partial charge in [-0.05, 0) is 44.1 Å². The number of aromatic nitrogens is 2. The number of aliphatic imine (C=N–C) groups is 2. The van der Waals surface area contributed by atoms with E-state index in [1.54, 1.807) is 27.7 Å². The SMILES string of the molecule is COC1C(OC(C(NCCCNC(=O)C(NC(=O)C(NC(=O)NC(C(=O)O)C(C)C)C2CCN=C(N)N2)C(OC(=O)CCCCCCCCCCCCN=C(N)N)C(C)C)C(=O)O)C2OC(n3ccc(=O)[nH]c3=O)C(O)C2O)OC(CN)C1O. The first kappa shape index (κ1) is 70.0. The van der Waals surface area contributed by atoms with Crippen LogP contribution in [-0.2, 0) is 47.7 Å². The highest BCUT2D eigenvalue weighted by molar-refractivity contribution is 5.94. The number of amides is 4. The number of aliphatic carboxylic acids is 2. The van der Waals surface area contributed by atoms with Crippen molar-refractivity contribution >= 4 is 47.7 Å². The maximum atomic E-state index is 14.6. The molecule has 32 nitrogen and oxygen atoms in total. The predicted octanol–water partition coefficient (Wildman–Crippen LogP) is -3.78. The molecule has 0 aliphatic carbocycles. The summed E-state index contributed by atoms with van der Waals surface area (Å²) < 4.78 is 30.0. The van der Waals surface area contributed by atoms with Crippen molar-refractivity contribution in [1.82, 2.24) is 41.5 Å². The van der Waals surface area contributed by atoms with Crippen molar-refractivity contribution in [2.24, 2.45) is 44.8 Å². The molecule has 0 aromatic carbocycles. The monoisotopic (exact) mass is 1200 g/mol. The molecule has 2 fully saturated rings. The molecule has 15 unspecified atom stereocenters. The number of hydrogen-bond donors (Lipinski definition) is 16. The number of aliphatic hydroxyl groups excluding tert-OH is 3. The Morgan fingerprint density at radius 3 is 2.02 bits per heavy atom. The zero-order valence-electron chi connectivity index (χ0n) is 48.4. The van der Waals surface area contributed by atoms with Crippen LogP contribution in [0.3, 0.4) is 0 Å². The number of rotatable bonds is 37. The van der Waals surface area contributed by atoms with Crippen LogP contribution in [0.15, 0.2) is 31.8 Å². The van der Waals surface area contributed by atoms with E-state index in [0.29, 0.717) is 13.0 Å². The minimum Gasteiger partial charge on any atom is -0.480 e. The summed E-state index contributed by atoms with van der Waals surface area (Å²) >= 11 is 0. The molecule has 476 valence electrons. The average molecular weight is 1200 g/mol. The first-order valence-corrected chi connectivity index (χ1v) is 28.6. The molecule has 0 spiro atoms. The molecule has 4 heterocycles. The second-order valence-corrected chi connectivity index (χ2v) is 21.7. The molecule has 4 rings (SSSR count). The number of nitrogens with zero attached hydrogens (tertiary/aromatic N) is 3. The van der Waals surface area contributed by atoms with E-state index in [0.717, 1.165) is 74.6 Å². The van der Waals surface area contributed by atoms with E-state index in [4.69, 9.17) is 46.6 Å². The number of unbranched alkanes of at least 4 members (excludes halogenated alkanes) is 9. The number of H-pyrrole nitrogens is 1. The van der Waals surface area contributed by atoms with Crippen molar-refractivity contribution < 1.29 is 78.0 Å². The molecule has 84 heavy (non-hydrogen) atoms. The number of aromatic amines is 1. The molecule has 1 aromatic rings. The van der Waals surface area contributed by atoms with Crippen LogP contribution in [0.4, 0.5) is 4.79 Å². The number of carbonyl (C=O) groups excluding carboxylic acids is 4. The lowest BCUT2D eigenvalue weighted by atomic mass is 9.96. The molecule has 3 aliphatic rings. The first-order valence-electron chi connectivity index (χ1n) is 28.6. The van der Waals surface area contributed by atoms with Crippen molar-refractivity contribution in [2.75, 3.05) is 39.8 Å². The number of carbonyl (C=O) groups is 6. The standard InChI is InChI=1S/C52H90N14O18/c1-26(2)32(46(74)75)64-51(78)65-33(28-18-23-60-50(56)61-28)44(73)63-34(39(27(3)4)82-31(68)17-14-12-10-8-6-7-9-11-13-15-20-59-49(54)55)43(72)58-22-16-21-57-35(47(76)77)40(84-48-42(80-5)36(69)29(25-53)81-48)41-37(70)38(71)45(83-41)66-24-19-30(67)62-52(66)79/h19,24,26-29,32-42,45,48,57,69-71H,6-18,20-23,25,53H2,1-5H3,(H,58,72)(H,63,73)(H,74,75)(H,76,77)(H4,54,55,59)(H3,56,60,61)(H,62,67,79)(H2,64,65,78). The second-order valence-electron chi connectivity index (χ2n) is 21.7. The predicted molar refractivity (Wildman–Crippen MR) is 302 cm³/mol. The summed E-state index contributed by atoms with van der Waals surface area (Å²) in [5.74, 6) is -6.49. The highest BCUT2D eigenvalue weighted by Crippen LogP contribution is 2.35. The third-order valence-electron chi connectivity index (χ3n) is 14.6. The van der Waals surface area contributed by atoms with Crippen LogP contribution in [0.1, 0.15) is 117 Å². The number of aliphatic hydroxyl groups is 3. The van der Waals surface area contributed by atoms with E-state index in [-0.39, 0.29) is 57.4 Å². The van der Waals surface area contributed by atoms with Gasteiger partial charge in [0.2, 0.25) is 11.8 Å². The fourth-order valence-corrected chi connectivity index (χ4v) is 10.00. The molecule has 4 amide bonds. The van der Waals surface area contributed by atoms with Crippen LogP contribution in [-0.4, -0.2) is 208 Å². The smallest absolute Gasteiger partial charge is 0.330 e. The third kappa shape index (κ3) is 21.2. The van der Waals surface area contributed by atoms with Gasteiger partial charge in [-0.3, -0.25) is 43.5 Å². The van der Waals surface area contributed by atoms with Crippen molar-refractivity contribution in [2.45, 2.75) is 203 Å². The lowest BCUT2D eigenvalue weighted by molar-refractivity contribution is -0.231. The summed E-state index contributed by atoms with van der Waals surface area (Å²) in [4.78, 5) is 116. The van der Waals surface area contributed by atoms with Gasteiger partial charge < -0.3 is 104 Å². The Morgan fingerprint density at radius 2 is 1.45 bits per heavy atom. The highest BCUT2D eigenvalue weighted by Gasteiger charge is 2.54. The Balaban J connectivity index is 1.53. The number of nitrogens with two attached hydrogens (primary N) is 4. The molecule has 20 N–H and O–H groups in total. The Bertz CT molecular complexity index is 2460. The van der Waals surface area contributed by atoms with Gasteiger partial charge in [0, 0.05) is 52.0 Å². The van der Waals surface area contributed by atoms with Crippen LogP contribution in [0, 0.1) is 11.8 Å². The number of carboxylic acid groups (broad SMARTS) is 2. The van der Waals surface area contributed by atoms with E-state index < -0.39 is 150 Å². The quantitative estimate of drug-likeness (QED) is 0.0132. The van der Waals surface area contributed by atoms with Crippen molar-refractivity contribution in [1.29, 1.82) is 0 Å². The van der Waals surface area contributed by atoms with Gasteiger partial charge in [-0.2, -0.15) is 0 Å². The molecule has 2 saturated heterocycles. The maximum absolute atomic E-state index is 14.6. The van der Waals surface area contributed by atoms with E-state index in [2.05, 4.69) is 41.9 Å². The number of methoxy groups -OCH3 is 1. The van der Waals surface area contributed by atoms with Gasteiger partial charge in [-0.15, -0.1) is 0 Å². The van der Waals surface area contributed by atoms with Crippen LogP contribution < -0.4 is 66.1 Å². The average Bonchev–Trinajstić information content (AvgIpc) is 2.49. The third-order valence-corrected chi connectivity index (χ3v) is 14.6. The summed E-state index contributed by atoms with van der Waals surface area (Å²) in [6.45, 7) is 6.56. The lowest BCUT2D eigenvalue weighted by Gasteiger charge is -2.34. The van der Waals surface area contributed by atoms with E-state index in [1.165, 1.54) is 7.11 Å². The van der Waals surface area contributed by atoms with Gasteiger partial charge in [-0.25, -0.2) is 14.4 Å². The number of guanidine groups is 2. The van der Waals surface area contributed by atoms with Crippen molar-refractivity contribution in [3.05, 3.63) is 33.1 Å². The zero-order chi connectivity index (χ0) is 62.2. The van der Waals surface area contributed by atoms with Crippen LogP contribution in [0.2, 0.25) is 0 Å². The van der Waals surface area contributed by atoms with Crippen molar-refractivity contribution in [3.63, 3.8) is 0 Å². The number of ether oxygens (including phenoxy) is 5. The highest BCUT2D eigenvalue weighted by atomic mass is 16.7. The topological polar surface area (TPSA) is 506 Å². The van der Waals surface area contributed by atoms with Crippen LogP contribution in [0.5, 0.6) is 0 Å². The first-order chi connectivity index (χ1) is 39.9. The van der Waals surface area contributed by atoms with Gasteiger partial charge in [0.15, 0.2) is 24.4 Å². The number of urea groups is 1. The molecular weight excluding hydrogens is 1110 g/mol. The van der Waals surface area contributed by atoms with E-state index >= 15 is 0 Å². The Labute approximate surface area is 486 Å². The van der Waals surface area contributed by atoms with Gasteiger partial charge in [0.25, 0.3) is 5.56 Å². The Morgan fingerprint density at radius 1 is 0.810 bits per heavy atom. The molecule has 15 atom stereocenters. The summed E-state index contributed by atoms with van der Waals surface area (Å²) in [5.41, 5.74) is 20.7. The minimum atomic E-state index is -1.94. The normalized spacial score (nSPS) is 24.4. The summed E-state index contributed by atoms with van der Waals surface area (Å²) in [7, 11) is 1.23. The zero-order valence-corrected chi connectivity index (χ0v) is 48.4. The molecule has 0 bridgehead atoms. The minimum absolute atomic E-state index is 0.000653. The van der Waals surface area contributed by atoms with E-state index in [9.17, 15) is 63.9 Å². The van der Waals surface area contributed by atoms with Gasteiger partial charge in [0.05, 0.1) is 6.04 Å². The lowest BCUT2D eigenvalue weighted by Crippen LogP contribution is -2.66. The molecule has 3 aliphatic heterocycles. The summed E-state index contributed by atoms with van der Waals surface area (Å²) in [6, 6.07) is -7.32.